The molecule has 1 aliphatic heterocycles. The number of fused-ring (bicyclic) bond motifs is 2. The van der Waals surface area contributed by atoms with Gasteiger partial charge in [-0.3, -0.25) is 4.90 Å². The van der Waals surface area contributed by atoms with E-state index in [-0.39, 0.29) is 11.7 Å². The van der Waals surface area contributed by atoms with Crippen LogP contribution in [0, 0.1) is 0 Å². The van der Waals surface area contributed by atoms with Crippen LogP contribution < -0.4 is 4.90 Å². The summed E-state index contributed by atoms with van der Waals surface area (Å²) in [6, 6.07) is 13.1. The molecule has 0 saturated carbocycles. The fourth-order valence-electron chi connectivity index (χ4n) is 4.85. The van der Waals surface area contributed by atoms with Crippen LogP contribution in [0.15, 0.2) is 53.1 Å². The molecule has 2 N–H and O–H groups in total. The molecule has 182 valence electrons. The van der Waals surface area contributed by atoms with E-state index in [2.05, 4.69) is 14.8 Å². The number of H-pyrrole nitrogens is 1. The normalized spacial score (nSPS) is 14.6. The number of carbonyl (C=O) groups is 2. The standard InChI is InChI=1S/C27H29N3O5/c1-34-27(33)18-5-7-22-19(17-28-23(22)15-18)4-2-3-9-29-10-12-30(13-11-29)21-6-8-24-20(14-21)16-25(35-24)26(31)32/h5-8,14-17,28H,2-4,9-13H2,1H3,(H,31,32). The van der Waals surface area contributed by atoms with E-state index in [4.69, 9.17) is 14.3 Å². The topological polar surface area (TPSA) is 99.0 Å². The van der Waals surface area contributed by atoms with Crippen LogP contribution in [0.3, 0.4) is 0 Å². The summed E-state index contributed by atoms with van der Waals surface area (Å²) >= 11 is 0. The molecule has 0 unspecified atom stereocenters. The molecule has 35 heavy (non-hydrogen) atoms. The number of aryl methyl sites for hydroxylation is 1. The van der Waals surface area contributed by atoms with Crippen LogP contribution in [0.25, 0.3) is 21.9 Å². The van der Waals surface area contributed by atoms with Crippen LogP contribution in [0.5, 0.6) is 0 Å². The first-order valence-corrected chi connectivity index (χ1v) is 11.9. The Morgan fingerprint density at radius 3 is 2.66 bits per heavy atom. The summed E-state index contributed by atoms with van der Waals surface area (Å²) in [7, 11) is 1.39. The number of aromatic nitrogens is 1. The predicted octanol–water partition coefficient (Wildman–Crippen LogP) is 4.54. The first-order chi connectivity index (χ1) is 17.0. The van der Waals surface area contributed by atoms with Gasteiger partial charge in [0.15, 0.2) is 0 Å². The Bertz CT molecular complexity index is 1360. The predicted molar refractivity (Wildman–Crippen MR) is 134 cm³/mol. The fourth-order valence-corrected chi connectivity index (χ4v) is 4.85. The molecular formula is C27H29N3O5. The number of unbranched alkanes of at least 4 members (excludes halogenated alkanes) is 1. The summed E-state index contributed by atoms with van der Waals surface area (Å²) in [6.45, 7) is 4.98. The number of carbonyl (C=O) groups excluding carboxylic acids is 1. The van der Waals surface area contributed by atoms with Crippen molar-refractivity contribution in [2.45, 2.75) is 19.3 Å². The summed E-state index contributed by atoms with van der Waals surface area (Å²) in [5.74, 6) is -1.40. The van der Waals surface area contributed by atoms with Crippen LogP contribution in [0.2, 0.25) is 0 Å². The number of nitrogens with zero attached hydrogens (tertiary/aromatic N) is 2. The highest BCUT2D eigenvalue weighted by molar-refractivity contribution is 5.95. The lowest BCUT2D eigenvalue weighted by molar-refractivity contribution is 0.0599. The van der Waals surface area contributed by atoms with Crippen LogP contribution in [0.1, 0.15) is 39.3 Å². The number of ether oxygens (including phenoxy) is 1. The van der Waals surface area contributed by atoms with E-state index in [0.717, 1.165) is 74.0 Å². The molecule has 1 fully saturated rings. The molecule has 0 radical (unpaired) electrons. The SMILES string of the molecule is COC(=O)c1ccc2c(CCCCN3CCN(c4ccc5oc(C(=O)O)cc5c4)CC3)c[nH]c2c1. The molecule has 0 amide bonds. The molecule has 8 heteroatoms. The van der Waals surface area contributed by atoms with E-state index < -0.39 is 5.97 Å². The zero-order chi connectivity index (χ0) is 24.4. The number of anilines is 1. The Labute approximate surface area is 203 Å². The monoisotopic (exact) mass is 475 g/mol. The number of aromatic amines is 1. The molecular weight excluding hydrogens is 446 g/mol. The number of furan rings is 1. The number of carboxylic acids is 1. The molecule has 3 heterocycles. The van der Waals surface area contributed by atoms with E-state index in [1.54, 1.807) is 6.07 Å². The number of hydrogen-bond donors (Lipinski definition) is 2. The minimum Gasteiger partial charge on any atom is -0.475 e. The molecule has 5 rings (SSSR count). The highest BCUT2D eigenvalue weighted by Gasteiger charge is 2.18. The highest BCUT2D eigenvalue weighted by Crippen LogP contribution is 2.26. The van der Waals surface area contributed by atoms with Crippen LogP contribution in [0.4, 0.5) is 5.69 Å². The van der Waals surface area contributed by atoms with Crippen molar-refractivity contribution in [2.75, 3.05) is 44.7 Å². The van der Waals surface area contributed by atoms with E-state index >= 15 is 0 Å². The average molecular weight is 476 g/mol. The zero-order valence-corrected chi connectivity index (χ0v) is 19.8. The summed E-state index contributed by atoms with van der Waals surface area (Å²) in [6.07, 6.45) is 5.28. The van der Waals surface area contributed by atoms with Gasteiger partial charge in [-0.25, -0.2) is 9.59 Å². The summed E-state index contributed by atoms with van der Waals surface area (Å²) in [5, 5.41) is 11.1. The summed E-state index contributed by atoms with van der Waals surface area (Å²) in [4.78, 5) is 31.0. The van der Waals surface area contributed by atoms with Crippen LogP contribution in [-0.2, 0) is 11.2 Å². The van der Waals surface area contributed by atoms with E-state index in [1.165, 1.54) is 12.7 Å². The number of benzene rings is 2. The van der Waals surface area contributed by atoms with Crippen molar-refractivity contribution in [1.82, 2.24) is 9.88 Å². The van der Waals surface area contributed by atoms with Gasteiger partial charge in [0.2, 0.25) is 5.76 Å². The van der Waals surface area contributed by atoms with Gasteiger partial charge in [-0.1, -0.05) is 6.07 Å². The molecule has 0 atom stereocenters. The second-order valence-corrected chi connectivity index (χ2v) is 8.99. The third-order valence-corrected chi connectivity index (χ3v) is 6.81. The van der Waals surface area contributed by atoms with Gasteiger partial charge in [0.25, 0.3) is 0 Å². The maximum Gasteiger partial charge on any atom is 0.371 e. The van der Waals surface area contributed by atoms with Gasteiger partial charge in [-0.05, 0) is 67.8 Å². The second kappa shape index (κ2) is 9.84. The number of carboxylic acid groups (broad SMARTS) is 1. The van der Waals surface area contributed by atoms with Gasteiger partial charge in [0, 0.05) is 54.4 Å². The Kier molecular flexibility index (Phi) is 6.46. The third kappa shape index (κ3) is 4.88. The van der Waals surface area contributed by atoms with Crippen LogP contribution >= 0.6 is 0 Å². The molecule has 1 aliphatic rings. The maximum absolute atomic E-state index is 11.7. The molecule has 8 nitrogen and oxygen atoms in total. The lowest BCUT2D eigenvalue weighted by Crippen LogP contribution is -2.46. The summed E-state index contributed by atoms with van der Waals surface area (Å²) in [5.41, 5.74) is 4.50. The Morgan fingerprint density at radius 1 is 1.06 bits per heavy atom. The maximum atomic E-state index is 11.7. The Hall–Kier alpha value is -3.78. The van der Waals surface area contributed by atoms with Crippen molar-refractivity contribution in [3.63, 3.8) is 0 Å². The second-order valence-electron chi connectivity index (χ2n) is 8.99. The number of aromatic carboxylic acids is 1. The molecule has 1 saturated heterocycles. The van der Waals surface area contributed by atoms with Gasteiger partial charge >= 0.3 is 11.9 Å². The molecule has 2 aromatic carbocycles. The van der Waals surface area contributed by atoms with Crippen molar-refractivity contribution in [3.8, 4) is 0 Å². The molecule has 2 aromatic heterocycles. The first-order valence-electron chi connectivity index (χ1n) is 11.9. The summed E-state index contributed by atoms with van der Waals surface area (Å²) < 4.78 is 10.2. The van der Waals surface area contributed by atoms with Crippen LogP contribution in [-0.4, -0.2) is 66.8 Å². The van der Waals surface area contributed by atoms with Gasteiger partial charge in [-0.2, -0.15) is 0 Å². The third-order valence-electron chi connectivity index (χ3n) is 6.81. The van der Waals surface area contributed by atoms with Crippen molar-refractivity contribution in [2.24, 2.45) is 0 Å². The van der Waals surface area contributed by atoms with Crippen molar-refractivity contribution < 1.29 is 23.8 Å². The quantitative estimate of drug-likeness (QED) is 0.285. The van der Waals surface area contributed by atoms with Gasteiger partial charge in [0.05, 0.1) is 12.7 Å². The first kappa shape index (κ1) is 23.0. The lowest BCUT2D eigenvalue weighted by atomic mass is 10.1. The van der Waals surface area contributed by atoms with Gasteiger partial charge < -0.3 is 24.1 Å². The van der Waals surface area contributed by atoms with Gasteiger partial charge in [-0.15, -0.1) is 0 Å². The Morgan fingerprint density at radius 2 is 1.89 bits per heavy atom. The zero-order valence-electron chi connectivity index (χ0n) is 19.8. The highest BCUT2D eigenvalue weighted by atomic mass is 16.5. The smallest absolute Gasteiger partial charge is 0.371 e. The van der Waals surface area contributed by atoms with Crippen molar-refractivity contribution in [1.29, 1.82) is 0 Å². The minimum atomic E-state index is -1.05. The van der Waals surface area contributed by atoms with Gasteiger partial charge in [0.1, 0.15) is 5.58 Å². The van der Waals surface area contributed by atoms with Crippen molar-refractivity contribution in [3.05, 3.63) is 65.5 Å². The van der Waals surface area contributed by atoms with E-state index in [0.29, 0.717) is 11.1 Å². The lowest BCUT2D eigenvalue weighted by Gasteiger charge is -2.36. The molecule has 0 spiro atoms. The van der Waals surface area contributed by atoms with Crippen molar-refractivity contribution >= 4 is 39.5 Å². The number of nitrogens with one attached hydrogen (secondary N) is 1. The number of esters is 1. The van der Waals surface area contributed by atoms with E-state index in [1.807, 2.05) is 42.6 Å². The number of methoxy groups -OCH3 is 1. The number of rotatable bonds is 8. The number of hydrogen-bond acceptors (Lipinski definition) is 6. The fraction of sp³-hybridized carbons (Fsp3) is 0.333. The minimum absolute atomic E-state index is 0.0273. The Balaban J connectivity index is 1.09. The number of piperazine rings is 1. The molecule has 0 bridgehead atoms. The average Bonchev–Trinajstić information content (AvgIpc) is 3.50. The molecule has 0 aliphatic carbocycles. The molecule has 4 aromatic rings. The largest absolute Gasteiger partial charge is 0.475 e. The van der Waals surface area contributed by atoms with E-state index in [9.17, 15) is 9.59 Å².